The van der Waals surface area contributed by atoms with E-state index in [0.717, 1.165) is 0 Å². The van der Waals surface area contributed by atoms with Crippen LogP contribution in [-0.4, -0.2) is 29.9 Å². The van der Waals surface area contributed by atoms with Crippen molar-refractivity contribution in [1.29, 1.82) is 0 Å². The summed E-state index contributed by atoms with van der Waals surface area (Å²) in [7, 11) is 0. The normalized spacial score (nSPS) is 11.2. The van der Waals surface area contributed by atoms with Crippen LogP contribution in [0.2, 0.25) is 0 Å². The highest BCUT2D eigenvalue weighted by atomic mass is 17.2. The second-order valence-electron chi connectivity index (χ2n) is 4.85. The number of rotatable bonds is 5. The Bertz CT molecular complexity index is 439. The van der Waals surface area contributed by atoms with Gasteiger partial charge in [0.2, 0.25) is 0 Å². The number of nitrogen functional groups attached to an aromatic ring is 1. The zero-order valence-corrected chi connectivity index (χ0v) is 11.3. The molecule has 0 aliphatic heterocycles. The Labute approximate surface area is 112 Å². The minimum atomic E-state index is -0.603. The van der Waals surface area contributed by atoms with Crippen molar-refractivity contribution in [2.75, 3.05) is 18.9 Å². The van der Waals surface area contributed by atoms with E-state index in [1.54, 1.807) is 39.0 Å². The summed E-state index contributed by atoms with van der Waals surface area (Å²) >= 11 is 0. The summed E-state index contributed by atoms with van der Waals surface area (Å²) in [5.74, 6) is -0.325. The Morgan fingerprint density at radius 3 is 2.63 bits per heavy atom. The highest BCUT2D eigenvalue weighted by Gasteiger charge is 2.21. The molecule has 1 aromatic rings. The molecule has 0 saturated carbocycles. The molecule has 19 heavy (non-hydrogen) atoms. The van der Waals surface area contributed by atoms with E-state index < -0.39 is 11.6 Å². The van der Waals surface area contributed by atoms with Crippen LogP contribution in [-0.2, 0) is 9.62 Å². The smallest absolute Gasteiger partial charge is 0.340 e. The van der Waals surface area contributed by atoms with Crippen molar-refractivity contribution in [3.05, 3.63) is 23.8 Å². The Balaban J connectivity index is 2.85. The summed E-state index contributed by atoms with van der Waals surface area (Å²) in [6.07, 6.45) is 0. The SMILES string of the molecule is CC(C)(C)OC(=O)c1cccc(OOCCO)c1N. The molecule has 0 aliphatic carbocycles. The first-order valence-corrected chi connectivity index (χ1v) is 5.87. The van der Waals surface area contributed by atoms with Gasteiger partial charge in [0.1, 0.15) is 12.2 Å². The molecule has 0 amide bonds. The molecule has 0 saturated heterocycles. The van der Waals surface area contributed by atoms with E-state index in [4.69, 9.17) is 25.4 Å². The minimum absolute atomic E-state index is 0.0100. The lowest BCUT2D eigenvalue weighted by molar-refractivity contribution is -0.211. The molecule has 0 radical (unpaired) electrons. The third-order valence-electron chi connectivity index (χ3n) is 2.01. The fourth-order valence-corrected chi connectivity index (χ4v) is 1.27. The van der Waals surface area contributed by atoms with E-state index in [0.29, 0.717) is 0 Å². The second kappa shape index (κ2) is 6.40. The van der Waals surface area contributed by atoms with Crippen LogP contribution in [0.1, 0.15) is 31.1 Å². The van der Waals surface area contributed by atoms with Gasteiger partial charge in [0.25, 0.3) is 0 Å². The van der Waals surface area contributed by atoms with Crippen LogP contribution >= 0.6 is 0 Å². The lowest BCUT2D eigenvalue weighted by Gasteiger charge is -2.20. The van der Waals surface area contributed by atoms with Gasteiger partial charge < -0.3 is 20.5 Å². The van der Waals surface area contributed by atoms with Gasteiger partial charge in [-0.15, -0.1) is 0 Å². The van der Waals surface area contributed by atoms with Gasteiger partial charge in [-0.05, 0) is 32.9 Å². The standard InChI is InChI=1S/C13H19NO5/c1-13(2,3)18-12(16)9-5-4-6-10(11(9)14)19-17-8-7-15/h4-6,15H,7-8,14H2,1-3H3. The van der Waals surface area contributed by atoms with Crippen LogP contribution in [0.25, 0.3) is 0 Å². The number of ether oxygens (including phenoxy) is 1. The van der Waals surface area contributed by atoms with Gasteiger partial charge >= 0.3 is 5.97 Å². The zero-order valence-electron chi connectivity index (χ0n) is 11.3. The number of nitrogens with two attached hydrogens (primary N) is 1. The zero-order chi connectivity index (χ0) is 14.5. The van der Waals surface area contributed by atoms with Gasteiger partial charge in [0, 0.05) is 0 Å². The van der Waals surface area contributed by atoms with Crippen molar-refractivity contribution in [3.63, 3.8) is 0 Å². The van der Waals surface area contributed by atoms with Crippen molar-refractivity contribution in [2.24, 2.45) is 0 Å². The predicted molar refractivity (Wildman–Crippen MR) is 69.7 cm³/mol. The van der Waals surface area contributed by atoms with Crippen LogP contribution in [0, 0.1) is 0 Å². The first kappa shape index (κ1) is 15.3. The molecule has 0 unspecified atom stereocenters. The van der Waals surface area contributed by atoms with Gasteiger partial charge in [-0.3, -0.25) is 0 Å². The van der Waals surface area contributed by atoms with E-state index in [2.05, 4.69) is 0 Å². The van der Waals surface area contributed by atoms with Crippen LogP contribution in [0.5, 0.6) is 5.75 Å². The molecule has 0 aliphatic rings. The molecule has 0 heterocycles. The van der Waals surface area contributed by atoms with Crippen molar-refractivity contribution >= 4 is 11.7 Å². The number of esters is 1. The molecule has 1 rings (SSSR count). The Kier molecular flexibility index (Phi) is 5.14. The van der Waals surface area contributed by atoms with Crippen molar-refractivity contribution in [1.82, 2.24) is 0 Å². The van der Waals surface area contributed by atoms with Gasteiger partial charge in [0.15, 0.2) is 5.75 Å². The largest absolute Gasteiger partial charge is 0.456 e. The monoisotopic (exact) mass is 269 g/mol. The van der Waals surface area contributed by atoms with E-state index in [1.807, 2.05) is 0 Å². The maximum Gasteiger partial charge on any atom is 0.340 e. The van der Waals surface area contributed by atoms with Crippen LogP contribution in [0.4, 0.5) is 5.69 Å². The van der Waals surface area contributed by atoms with Crippen LogP contribution in [0.3, 0.4) is 0 Å². The van der Waals surface area contributed by atoms with E-state index in [-0.39, 0.29) is 30.2 Å². The highest BCUT2D eigenvalue weighted by molar-refractivity contribution is 5.96. The van der Waals surface area contributed by atoms with Gasteiger partial charge in [-0.25, -0.2) is 4.79 Å². The molecule has 0 bridgehead atoms. The third-order valence-corrected chi connectivity index (χ3v) is 2.01. The average Bonchev–Trinajstić information content (AvgIpc) is 2.29. The Morgan fingerprint density at radius 2 is 2.05 bits per heavy atom. The first-order valence-electron chi connectivity index (χ1n) is 5.87. The molecule has 106 valence electrons. The number of carbonyl (C=O) groups is 1. The number of para-hydroxylation sites is 1. The van der Waals surface area contributed by atoms with Gasteiger partial charge in [-0.1, -0.05) is 6.07 Å². The van der Waals surface area contributed by atoms with Gasteiger partial charge in [0.05, 0.1) is 17.9 Å². The molecule has 0 atom stereocenters. The fraction of sp³-hybridized carbons (Fsp3) is 0.462. The van der Waals surface area contributed by atoms with E-state index in [9.17, 15) is 4.79 Å². The summed E-state index contributed by atoms with van der Waals surface area (Å²) in [5.41, 5.74) is 5.56. The summed E-state index contributed by atoms with van der Waals surface area (Å²) < 4.78 is 5.23. The number of aliphatic hydroxyl groups is 1. The predicted octanol–water partition coefficient (Wildman–Crippen LogP) is 1.53. The number of aliphatic hydroxyl groups excluding tert-OH is 1. The molecular formula is C13H19NO5. The molecule has 6 heteroatoms. The fourth-order valence-electron chi connectivity index (χ4n) is 1.27. The first-order chi connectivity index (χ1) is 8.85. The number of carbonyl (C=O) groups excluding carboxylic acids is 1. The molecule has 0 aromatic heterocycles. The third kappa shape index (κ3) is 4.76. The number of hydrogen-bond acceptors (Lipinski definition) is 6. The highest BCUT2D eigenvalue weighted by Crippen LogP contribution is 2.27. The van der Waals surface area contributed by atoms with E-state index >= 15 is 0 Å². The summed E-state index contributed by atoms with van der Waals surface area (Å²) in [6.45, 7) is 5.14. The molecule has 0 spiro atoms. The van der Waals surface area contributed by atoms with Gasteiger partial charge in [-0.2, -0.15) is 4.89 Å². The number of benzene rings is 1. The van der Waals surface area contributed by atoms with Crippen molar-refractivity contribution < 1.29 is 24.4 Å². The molecule has 6 nitrogen and oxygen atoms in total. The summed E-state index contributed by atoms with van der Waals surface area (Å²) in [5, 5.41) is 8.57. The average molecular weight is 269 g/mol. The van der Waals surface area contributed by atoms with Crippen molar-refractivity contribution in [2.45, 2.75) is 26.4 Å². The lowest BCUT2D eigenvalue weighted by atomic mass is 10.1. The van der Waals surface area contributed by atoms with E-state index in [1.165, 1.54) is 0 Å². The quantitative estimate of drug-likeness (QED) is 0.277. The summed E-state index contributed by atoms with van der Waals surface area (Å²) in [6, 6.07) is 4.70. The maximum absolute atomic E-state index is 11.9. The number of hydrogen-bond donors (Lipinski definition) is 2. The molecule has 3 N–H and O–H groups in total. The Morgan fingerprint density at radius 1 is 1.37 bits per heavy atom. The molecule has 0 fully saturated rings. The lowest BCUT2D eigenvalue weighted by Crippen LogP contribution is -2.24. The van der Waals surface area contributed by atoms with Crippen LogP contribution in [0.15, 0.2) is 18.2 Å². The van der Waals surface area contributed by atoms with Crippen LogP contribution < -0.4 is 10.6 Å². The maximum atomic E-state index is 11.9. The number of anilines is 1. The van der Waals surface area contributed by atoms with Crippen molar-refractivity contribution in [3.8, 4) is 5.75 Å². The minimum Gasteiger partial charge on any atom is -0.456 e. The topological polar surface area (TPSA) is 91.0 Å². The second-order valence-corrected chi connectivity index (χ2v) is 4.85. The molecular weight excluding hydrogens is 250 g/mol. The summed E-state index contributed by atoms with van der Waals surface area (Å²) in [4.78, 5) is 21.5. The Hall–Kier alpha value is -1.79. The molecule has 1 aromatic carbocycles.